The first-order valence-electron chi connectivity index (χ1n) is 5.62. The fraction of sp³-hybridized carbons (Fsp3) is 0.417. The molecule has 3 rings (SSSR count). The summed E-state index contributed by atoms with van der Waals surface area (Å²) in [6, 6.07) is 6.84. The lowest BCUT2D eigenvalue weighted by molar-refractivity contribution is 0.517. The predicted molar refractivity (Wildman–Crippen MR) is 68.6 cm³/mol. The molecule has 2 heterocycles. The average Bonchev–Trinajstić information content (AvgIpc) is 2.45. The molecule has 0 saturated heterocycles. The van der Waals surface area contributed by atoms with Crippen molar-refractivity contribution in [3.63, 3.8) is 0 Å². The highest BCUT2D eigenvalue weighted by molar-refractivity contribution is 9.10. The number of hydrogen-bond donors (Lipinski definition) is 1. The second-order valence-electron chi connectivity index (χ2n) is 4.38. The second-order valence-corrected chi connectivity index (χ2v) is 5.29. The number of rotatable bonds is 0. The van der Waals surface area contributed by atoms with Crippen molar-refractivity contribution in [3.05, 3.63) is 28.5 Å². The van der Waals surface area contributed by atoms with E-state index in [1.807, 2.05) is 0 Å². The minimum Gasteiger partial charge on any atom is -0.326 e. The van der Waals surface area contributed by atoms with Gasteiger partial charge in [-0.1, -0.05) is 15.9 Å². The van der Waals surface area contributed by atoms with Crippen LogP contribution >= 0.6 is 15.9 Å². The third-order valence-electron chi connectivity index (χ3n) is 3.09. The molecule has 0 amide bonds. The van der Waals surface area contributed by atoms with Crippen molar-refractivity contribution in [2.45, 2.75) is 25.9 Å². The molecule has 1 aromatic carbocycles. The summed E-state index contributed by atoms with van der Waals surface area (Å²) in [7, 11) is 0. The third-order valence-corrected chi connectivity index (χ3v) is 3.58. The van der Waals surface area contributed by atoms with Crippen molar-refractivity contribution in [3.8, 4) is 0 Å². The normalized spacial score (nSPS) is 20.8. The van der Waals surface area contributed by atoms with E-state index in [1.165, 1.54) is 11.3 Å². The molecule has 1 aliphatic heterocycles. The van der Waals surface area contributed by atoms with E-state index in [4.69, 9.17) is 4.98 Å². The van der Waals surface area contributed by atoms with Gasteiger partial charge in [0.2, 0.25) is 0 Å². The van der Waals surface area contributed by atoms with Crippen LogP contribution in [0.5, 0.6) is 0 Å². The second kappa shape index (κ2) is 3.86. The van der Waals surface area contributed by atoms with Crippen molar-refractivity contribution < 1.29 is 0 Å². The van der Waals surface area contributed by atoms with Gasteiger partial charge >= 0.3 is 0 Å². The molecule has 0 radical (unpaired) electrons. The molecule has 0 bridgehead atoms. The molecule has 0 fully saturated rings. The smallest absolute Gasteiger partial charge is 0.111 e. The van der Waals surface area contributed by atoms with Crippen LogP contribution < -0.4 is 5.32 Å². The number of halogens is 1. The number of imidazole rings is 1. The maximum atomic E-state index is 4.70. The van der Waals surface area contributed by atoms with Crippen LogP contribution in [0, 0.1) is 0 Å². The number of nitrogens with zero attached hydrogens (tertiary/aromatic N) is 2. The first kappa shape index (κ1) is 10.3. The molecule has 3 nitrogen and oxygen atoms in total. The number of hydrogen-bond acceptors (Lipinski definition) is 2. The minimum absolute atomic E-state index is 0.516. The number of fused-ring (bicyclic) bond motifs is 3. The van der Waals surface area contributed by atoms with Crippen molar-refractivity contribution in [2.75, 3.05) is 6.54 Å². The van der Waals surface area contributed by atoms with E-state index >= 15 is 0 Å². The van der Waals surface area contributed by atoms with E-state index in [2.05, 4.69) is 50.9 Å². The standard InChI is InChI=1S/C12H14BrN3/c1-8-7-16-11-3-2-9(13)6-10(11)15-12(16)4-5-14-8/h2-3,6,8,14H,4-5,7H2,1H3. The zero-order chi connectivity index (χ0) is 11.1. The third kappa shape index (κ3) is 1.66. The molecule has 16 heavy (non-hydrogen) atoms. The maximum absolute atomic E-state index is 4.70. The van der Waals surface area contributed by atoms with Gasteiger partial charge in [0, 0.05) is 30.0 Å². The summed E-state index contributed by atoms with van der Waals surface area (Å²) >= 11 is 3.49. The summed E-state index contributed by atoms with van der Waals surface area (Å²) in [5.74, 6) is 1.20. The summed E-state index contributed by atoms with van der Waals surface area (Å²) in [6.45, 7) is 4.25. The Bertz CT molecular complexity index is 532. The van der Waals surface area contributed by atoms with Crippen LogP contribution in [-0.4, -0.2) is 22.1 Å². The van der Waals surface area contributed by atoms with E-state index in [9.17, 15) is 0 Å². The highest BCUT2D eigenvalue weighted by Crippen LogP contribution is 2.22. The van der Waals surface area contributed by atoms with Gasteiger partial charge in [-0.2, -0.15) is 0 Å². The fourth-order valence-electron chi connectivity index (χ4n) is 2.32. The van der Waals surface area contributed by atoms with Crippen molar-refractivity contribution in [2.24, 2.45) is 0 Å². The molecule has 1 N–H and O–H groups in total. The molecule has 1 aromatic heterocycles. The lowest BCUT2D eigenvalue weighted by Gasteiger charge is -2.11. The molecule has 1 atom stereocenters. The van der Waals surface area contributed by atoms with Crippen LogP contribution in [0.25, 0.3) is 11.0 Å². The highest BCUT2D eigenvalue weighted by atomic mass is 79.9. The van der Waals surface area contributed by atoms with Crippen LogP contribution in [0.2, 0.25) is 0 Å². The SMILES string of the molecule is CC1Cn2c(nc3cc(Br)ccc32)CCN1. The summed E-state index contributed by atoms with van der Waals surface area (Å²) in [5.41, 5.74) is 2.34. The van der Waals surface area contributed by atoms with Gasteiger partial charge < -0.3 is 9.88 Å². The van der Waals surface area contributed by atoms with E-state index < -0.39 is 0 Å². The van der Waals surface area contributed by atoms with Gasteiger partial charge in [-0.3, -0.25) is 0 Å². The molecule has 0 spiro atoms. The molecule has 0 aliphatic carbocycles. The molecular weight excluding hydrogens is 266 g/mol. The Kier molecular flexibility index (Phi) is 2.48. The van der Waals surface area contributed by atoms with Crippen molar-refractivity contribution in [1.29, 1.82) is 0 Å². The molecule has 1 unspecified atom stereocenters. The zero-order valence-corrected chi connectivity index (χ0v) is 10.8. The highest BCUT2D eigenvalue weighted by Gasteiger charge is 2.16. The molecule has 2 aromatic rings. The fourth-order valence-corrected chi connectivity index (χ4v) is 2.67. The van der Waals surface area contributed by atoms with Crippen LogP contribution in [-0.2, 0) is 13.0 Å². The minimum atomic E-state index is 0.516. The first-order valence-corrected chi connectivity index (χ1v) is 6.41. The monoisotopic (exact) mass is 279 g/mol. The molecule has 4 heteroatoms. The number of aromatic nitrogens is 2. The number of nitrogens with one attached hydrogen (secondary N) is 1. The Hall–Kier alpha value is -0.870. The quantitative estimate of drug-likeness (QED) is 0.802. The molecule has 1 aliphatic rings. The Labute approximate surface area is 103 Å². The van der Waals surface area contributed by atoms with Crippen LogP contribution in [0.3, 0.4) is 0 Å². The molecule has 0 saturated carbocycles. The predicted octanol–water partition coefficient (Wildman–Crippen LogP) is 2.33. The Morgan fingerprint density at radius 3 is 3.25 bits per heavy atom. The average molecular weight is 280 g/mol. The summed E-state index contributed by atoms with van der Waals surface area (Å²) in [6.07, 6.45) is 1.01. The van der Waals surface area contributed by atoms with Gasteiger partial charge in [-0.05, 0) is 25.1 Å². The van der Waals surface area contributed by atoms with E-state index in [0.717, 1.165) is 29.5 Å². The van der Waals surface area contributed by atoms with Crippen LogP contribution in [0.15, 0.2) is 22.7 Å². The Morgan fingerprint density at radius 1 is 1.50 bits per heavy atom. The van der Waals surface area contributed by atoms with Gasteiger partial charge in [0.1, 0.15) is 5.82 Å². The summed E-state index contributed by atoms with van der Waals surface area (Å²) in [4.78, 5) is 4.70. The Morgan fingerprint density at radius 2 is 2.38 bits per heavy atom. The van der Waals surface area contributed by atoms with E-state index in [-0.39, 0.29) is 0 Å². The van der Waals surface area contributed by atoms with Gasteiger partial charge in [-0.15, -0.1) is 0 Å². The molecule has 84 valence electrons. The summed E-state index contributed by atoms with van der Waals surface area (Å²) in [5, 5.41) is 3.48. The van der Waals surface area contributed by atoms with E-state index in [0.29, 0.717) is 6.04 Å². The first-order chi connectivity index (χ1) is 7.74. The lowest BCUT2D eigenvalue weighted by atomic mass is 10.3. The Balaban J connectivity index is 2.19. The van der Waals surface area contributed by atoms with Crippen molar-refractivity contribution >= 4 is 27.0 Å². The van der Waals surface area contributed by atoms with Crippen LogP contribution in [0.4, 0.5) is 0 Å². The largest absolute Gasteiger partial charge is 0.326 e. The van der Waals surface area contributed by atoms with Gasteiger partial charge in [0.05, 0.1) is 11.0 Å². The van der Waals surface area contributed by atoms with Gasteiger partial charge in [0.25, 0.3) is 0 Å². The maximum Gasteiger partial charge on any atom is 0.111 e. The zero-order valence-electron chi connectivity index (χ0n) is 9.20. The van der Waals surface area contributed by atoms with Gasteiger partial charge in [-0.25, -0.2) is 4.98 Å². The van der Waals surface area contributed by atoms with Crippen LogP contribution in [0.1, 0.15) is 12.7 Å². The topological polar surface area (TPSA) is 29.9 Å². The number of benzene rings is 1. The van der Waals surface area contributed by atoms with E-state index in [1.54, 1.807) is 0 Å². The van der Waals surface area contributed by atoms with Crippen molar-refractivity contribution in [1.82, 2.24) is 14.9 Å². The summed E-state index contributed by atoms with van der Waals surface area (Å²) < 4.78 is 3.44. The molecular formula is C12H14BrN3. The lowest BCUT2D eigenvalue weighted by Crippen LogP contribution is -2.28. The van der Waals surface area contributed by atoms with Gasteiger partial charge in [0.15, 0.2) is 0 Å².